The molecule has 0 unspecified atom stereocenters. The van der Waals surface area contributed by atoms with E-state index < -0.39 is 0 Å². The Bertz CT molecular complexity index is 1300. The SMILES string of the molecule is CCn1cc(C=NNC(=O)c2cc(-c3ccc(C)c(C)c3)nc3ccccc23)c(C)n1. The first-order valence-corrected chi connectivity index (χ1v) is 10.3. The lowest BCUT2D eigenvalue weighted by atomic mass is 10.0. The van der Waals surface area contributed by atoms with Gasteiger partial charge in [-0.1, -0.05) is 30.3 Å². The Balaban J connectivity index is 1.68. The van der Waals surface area contributed by atoms with Crippen LogP contribution in [0.5, 0.6) is 0 Å². The molecule has 1 amide bonds. The van der Waals surface area contributed by atoms with Gasteiger partial charge >= 0.3 is 0 Å². The monoisotopic (exact) mass is 411 g/mol. The Kier molecular flexibility index (Phi) is 5.62. The Labute approximate surface area is 181 Å². The minimum atomic E-state index is -0.277. The molecule has 0 fully saturated rings. The summed E-state index contributed by atoms with van der Waals surface area (Å²) in [5.74, 6) is -0.277. The van der Waals surface area contributed by atoms with Gasteiger partial charge in [-0.15, -0.1) is 0 Å². The van der Waals surface area contributed by atoms with Crippen molar-refractivity contribution in [2.75, 3.05) is 0 Å². The van der Waals surface area contributed by atoms with Gasteiger partial charge < -0.3 is 0 Å². The van der Waals surface area contributed by atoms with Crippen LogP contribution in [0.2, 0.25) is 0 Å². The van der Waals surface area contributed by atoms with Crippen molar-refractivity contribution >= 4 is 23.0 Å². The van der Waals surface area contributed by atoms with Gasteiger partial charge in [0, 0.05) is 29.3 Å². The normalized spacial score (nSPS) is 11.4. The number of hydrogen-bond acceptors (Lipinski definition) is 4. The first-order chi connectivity index (χ1) is 15.0. The van der Waals surface area contributed by atoms with Crippen LogP contribution in [0.15, 0.2) is 59.8 Å². The lowest BCUT2D eigenvalue weighted by molar-refractivity contribution is 0.0956. The number of amides is 1. The first kappa shape index (κ1) is 20.5. The van der Waals surface area contributed by atoms with E-state index in [-0.39, 0.29) is 5.91 Å². The lowest BCUT2D eigenvalue weighted by Crippen LogP contribution is -2.18. The van der Waals surface area contributed by atoms with Gasteiger partial charge in [0.2, 0.25) is 0 Å². The number of nitrogens with zero attached hydrogens (tertiary/aromatic N) is 4. The minimum absolute atomic E-state index is 0.277. The molecule has 156 valence electrons. The number of nitrogens with one attached hydrogen (secondary N) is 1. The molecule has 0 aliphatic heterocycles. The molecule has 2 aromatic carbocycles. The molecule has 0 aliphatic carbocycles. The summed E-state index contributed by atoms with van der Waals surface area (Å²) in [4.78, 5) is 17.8. The standard InChI is InChI=1S/C25H25N5O/c1-5-30-15-20(18(4)29-30)14-26-28-25(31)22-13-24(19-11-10-16(2)17(3)12-19)27-23-9-7-6-8-21(22)23/h6-15H,5H2,1-4H3,(H,28,31). The zero-order valence-electron chi connectivity index (χ0n) is 18.2. The van der Waals surface area contributed by atoms with Gasteiger partial charge in [-0.3, -0.25) is 9.48 Å². The fraction of sp³-hybridized carbons (Fsp3) is 0.200. The number of fused-ring (bicyclic) bond motifs is 1. The van der Waals surface area contributed by atoms with Crippen molar-refractivity contribution in [3.05, 3.63) is 82.7 Å². The summed E-state index contributed by atoms with van der Waals surface area (Å²) >= 11 is 0. The Morgan fingerprint density at radius 3 is 2.65 bits per heavy atom. The van der Waals surface area contributed by atoms with Crippen LogP contribution in [0, 0.1) is 20.8 Å². The number of aryl methyl sites for hydroxylation is 4. The average Bonchev–Trinajstić information content (AvgIpc) is 3.14. The van der Waals surface area contributed by atoms with Crippen molar-refractivity contribution < 1.29 is 4.79 Å². The molecule has 0 radical (unpaired) electrons. The van der Waals surface area contributed by atoms with Crippen molar-refractivity contribution in [2.24, 2.45) is 5.10 Å². The second-order valence-corrected chi connectivity index (χ2v) is 7.60. The predicted molar refractivity (Wildman–Crippen MR) is 124 cm³/mol. The van der Waals surface area contributed by atoms with Crippen LogP contribution in [0.4, 0.5) is 0 Å². The molecular weight excluding hydrogens is 386 g/mol. The number of aromatic nitrogens is 3. The van der Waals surface area contributed by atoms with E-state index in [0.717, 1.165) is 40.0 Å². The van der Waals surface area contributed by atoms with Gasteiger partial charge in [0.15, 0.2) is 0 Å². The zero-order chi connectivity index (χ0) is 22.0. The lowest BCUT2D eigenvalue weighted by Gasteiger charge is -2.10. The summed E-state index contributed by atoms with van der Waals surface area (Å²) in [6.07, 6.45) is 3.53. The number of hydrogen-bond donors (Lipinski definition) is 1. The molecule has 6 heteroatoms. The van der Waals surface area contributed by atoms with Crippen LogP contribution in [0.3, 0.4) is 0 Å². The molecule has 0 saturated carbocycles. The molecule has 4 aromatic rings. The molecule has 2 aromatic heterocycles. The quantitative estimate of drug-likeness (QED) is 0.378. The molecular formula is C25H25N5O. The molecule has 4 rings (SSSR count). The molecule has 2 heterocycles. The summed E-state index contributed by atoms with van der Waals surface area (Å²) in [6.45, 7) is 8.88. The number of rotatable bonds is 5. The summed E-state index contributed by atoms with van der Waals surface area (Å²) in [6, 6.07) is 15.7. The van der Waals surface area contributed by atoms with Crippen molar-refractivity contribution in [2.45, 2.75) is 34.2 Å². The highest BCUT2D eigenvalue weighted by molar-refractivity contribution is 6.07. The van der Waals surface area contributed by atoms with Crippen molar-refractivity contribution in [3.63, 3.8) is 0 Å². The molecule has 0 spiro atoms. The number of hydrazone groups is 1. The molecule has 1 N–H and O–H groups in total. The summed E-state index contributed by atoms with van der Waals surface area (Å²) < 4.78 is 1.84. The number of carbonyl (C=O) groups excluding carboxylic acids is 1. The minimum Gasteiger partial charge on any atom is -0.272 e. The zero-order valence-corrected chi connectivity index (χ0v) is 18.2. The molecule has 31 heavy (non-hydrogen) atoms. The maximum Gasteiger partial charge on any atom is 0.272 e. The maximum absolute atomic E-state index is 13.0. The third-order valence-electron chi connectivity index (χ3n) is 5.44. The van der Waals surface area contributed by atoms with Crippen molar-refractivity contribution in [1.29, 1.82) is 0 Å². The van der Waals surface area contributed by atoms with Gasteiger partial charge in [-0.25, -0.2) is 10.4 Å². The number of carbonyl (C=O) groups is 1. The highest BCUT2D eigenvalue weighted by Crippen LogP contribution is 2.26. The third-order valence-corrected chi connectivity index (χ3v) is 5.44. The second-order valence-electron chi connectivity index (χ2n) is 7.60. The summed E-state index contributed by atoms with van der Waals surface area (Å²) in [7, 11) is 0. The summed E-state index contributed by atoms with van der Waals surface area (Å²) in [5, 5.41) is 9.34. The molecule has 6 nitrogen and oxygen atoms in total. The van der Waals surface area contributed by atoms with E-state index in [0.29, 0.717) is 5.56 Å². The van der Waals surface area contributed by atoms with Gasteiger partial charge in [-0.05, 0) is 57.0 Å². The van der Waals surface area contributed by atoms with E-state index in [4.69, 9.17) is 4.98 Å². The number of benzene rings is 2. The average molecular weight is 412 g/mol. The fourth-order valence-corrected chi connectivity index (χ4v) is 3.45. The Morgan fingerprint density at radius 2 is 1.90 bits per heavy atom. The van der Waals surface area contributed by atoms with E-state index in [1.54, 1.807) is 6.21 Å². The van der Waals surface area contributed by atoms with Crippen LogP contribution >= 0.6 is 0 Å². The largest absolute Gasteiger partial charge is 0.272 e. The van der Waals surface area contributed by atoms with E-state index in [1.807, 2.05) is 61.1 Å². The first-order valence-electron chi connectivity index (χ1n) is 10.3. The molecule has 0 atom stereocenters. The highest BCUT2D eigenvalue weighted by atomic mass is 16.2. The maximum atomic E-state index is 13.0. The van der Waals surface area contributed by atoms with Gasteiger partial charge in [-0.2, -0.15) is 10.2 Å². The van der Waals surface area contributed by atoms with Crippen LogP contribution in [-0.4, -0.2) is 26.9 Å². The number of pyridine rings is 1. The van der Waals surface area contributed by atoms with Gasteiger partial charge in [0.05, 0.1) is 28.7 Å². The van der Waals surface area contributed by atoms with E-state index in [2.05, 4.69) is 41.6 Å². The molecule has 0 bridgehead atoms. The van der Waals surface area contributed by atoms with E-state index in [1.165, 1.54) is 11.1 Å². The van der Waals surface area contributed by atoms with Crippen LogP contribution in [0.25, 0.3) is 22.2 Å². The number of para-hydroxylation sites is 1. The predicted octanol–water partition coefficient (Wildman–Crippen LogP) is 4.81. The third kappa shape index (κ3) is 4.23. The van der Waals surface area contributed by atoms with Crippen LogP contribution in [-0.2, 0) is 6.54 Å². The van der Waals surface area contributed by atoms with Crippen LogP contribution in [0.1, 0.15) is 39.7 Å². The second kappa shape index (κ2) is 8.52. The van der Waals surface area contributed by atoms with E-state index >= 15 is 0 Å². The van der Waals surface area contributed by atoms with Gasteiger partial charge in [0.25, 0.3) is 5.91 Å². The molecule has 0 aliphatic rings. The van der Waals surface area contributed by atoms with Crippen molar-refractivity contribution in [3.8, 4) is 11.3 Å². The highest BCUT2D eigenvalue weighted by Gasteiger charge is 2.14. The van der Waals surface area contributed by atoms with Gasteiger partial charge in [0.1, 0.15) is 0 Å². The smallest absolute Gasteiger partial charge is 0.272 e. The topological polar surface area (TPSA) is 72.2 Å². The molecule has 0 saturated heterocycles. The van der Waals surface area contributed by atoms with E-state index in [9.17, 15) is 4.79 Å². The van der Waals surface area contributed by atoms with Crippen molar-refractivity contribution in [1.82, 2.24) is 20.2 Å². The Morgan fingerprint density at radius 1 is 1.10 bits per heavy atom. The summed E-state index contributed by atoms with van der Waals surface area (Å²) in [5.41, 5.74) is 9.86. The fourth-order valence-electron chi connectivity index (χ4n) is 3.45. The van der Waals surface area contributed by atoms with Crippen LogP contribution < -0.4 is 5.43 Å². The Hall–Kier alpha value is -3.80.